The Bertz CT molecular complexity index is 351. The van der Waals surface area contributed by atoms with Crippen LogP contribution >= 0.6 is 11.6 Å². The van der Waals surface area contributed by atoms with E-state index in [-0.39, 0.29) is 0 Å². The molecule has 0 aliphatic rings. The number of hydrogen-bond donors (Lipinski definition) is 3. The molecule has 0 aromatic heterocycles. The van der Waals surface area contributed by atoms with Gasteiger partial charge in [-0.15, -0.1) is 0 Å². The van der Waals surface area contributed by atoms with E-state index in [1.165, 1.54) is 6.92 Å². The number of carboxylic acids is 1. The molecule has 0 fully saturated rings. The van der Waals surface area contributed by atoms with E-state index in [9.17, 15) is 9.90 Å². The molecular weight excluding hydrogens is 230 g/mol. The third-order valence-electron chi connectivity index (χ3n) is 2.19. The standard InChI is InChI=1S/C11H14ClNO3/c1-7(14)10(11(15)16)13-6-8-2-4-9(12)5-3-8/h2-5,7,10,13-14H,6H2,1H3,(H,15,16)/t7-,10-/m0/s1. The van der Waals surface area contributed by atoms with Crippen molar-refractivity contribution in [3.8, 4) is 0 Å². The minimum atomic E-state index is -1.07. The zero-order valence-electron chi connectivity index (χ0n) is 8.85. The molecule has 5 heteroatoms. The lowest BCUT2D eigenvalue weighted by atomic mass is 10.1. The first-order valence-corrected chi connectivity index (χ1v) is 5.27. The van der Waals surface area contributed by atoms with Crippen LogP contribution in [0.5, 0.6) is 0 Å². The van der Waals surface area contributed by atoms with E-state index in [4.69, 9.17) is 16.7 Å². The first kappa shape index (κ1) is 13.0. The fraction of sp³-hybridized carbons (Fsp3) is 0.364. The van der Waals surface area contributed by atoms with Crippen LogP contribution in [-0.4, -0.2) is 28.3 Å². The van der Waals surface area contributed by atoms with Gasteiger partial charge in [0.2, 0.25) is 0 Å². The van der Waals surface area contributed by atoms with Crippen LogP contribution < -0.4 is 5.32 Å². The molecule has 0 unspecified atom stereocenters. The topological polar surface area (TPSA) is 69.6 Å². The van der Waals surface area contributed by atoms with Gasteiger partial charge in [-0.1, -0.05) is 23.7 Å². The van der Waals surface area contributed by atoms with Crippen molar-refractivity contribution in [1.29, 1.82) is 0 Å². The largest absolute Gasteiger partial charge is 0.480 e. The maximum atomic E-state index is 10.8. The number of benzene rings is 1. The lowest BCUT2D eigenvalue weighted by Crippen LogP contribution is -2.44. The number of aliphatic hydroxyl groups is 1. The maximum Gasteiger partial charge on any atom is 0.323 e. The Kier molecular flexibility index (Phi) is 4.73. The summed E-state index contributed by atoms with van der Waals surface area (Å²) in [5.41, 5.74) is 0.913. The predicted octanol–water partition coefficient (Wildman–Crippen LogP) is 1.26. The summed E-state index contributed by atoms with van der Waals surface area (Å²) >= 11 is 5.72. The van der Waals surface area contributed by atoms with Gasteiger partial charge >= 0.3 is 5.97 Å². The van der Waals surface area contributed by atoms with Crippen LogP contribution in [0, 0.1) is 0 Å². The van der Waals surface area contributed by atoms with Crippen LogP contribution in [0.4, 0.5) is 0 Å². The molecule has 0 amide bonds. The molecule has 0 aliphatic carbocycles. The van der Waals surface area contributed by atoms with Gasteiger partial charge in [-0.3, -0.25) is 10.1 Å². The van der Waals surface area contributed by atoms with E-state index < -0.39 is 18.1 Å². The Balaban J connectivity index is 2.55. The lowest BCUT2D eigenvalue weighted by molar-refractivity contribution is -0.142. The van der Waals surface area contributed by atoms with Crippen LogP contribution in [-0.2, 0) is 11.3 Å². The molecule has 88 valence electrons. The summed E-state index contributed by atoms with van der Waals surface area (Å²) in [4.78, 5) is 10.8. The van der Waals surface area contributed by atoms with Gasteiger partial charge in [0.05, 0.1) is 6.10 Å². The molecule has 0 bridgehead atoms. The molecule has 0 aliphatic heterocycles. The number of halogens is 1. The van der Waals surface area contributed by atoms with E-state index in [0.717, 1.165) is 5.56 Å². The highest BCUT2D eigenvalue weighted by atomic mass is 35.5. The number of aliphatic carboxylic acids is 1. The molecule has 16 heavy (non-hydrogen) atoms. The fourth-order valence-electron chi connectivity index (χ4n) is 1.29. The van der Waals surface area contributed by atoms with E-state index in [1.54, 1.807) is 24.3 Å². The summed E-state index contributed by atoms with van der Waals surface area (Å²) in [6, 6.07) is 6.11. The van der Waals surface area contributed by atoms with Crippen LogP contribution in [0.2, 0.25) is 5.02 Å². The number of carboxylic acid groups (broad SMARTS) is 1. The monoisotopic (exact) mass is 243 g/mol. The molecule has 0 radical (unpaired) electrons. The van der Waals surface area contributed by atoms with Gasteiger partial charge in [0.25, 0.3) is 0 Å². The first-order valence-electron chi connectivity index (χ1n) is 4.89. The molecule has 0 saturated heterocycles. The number of nitrogens with one attached hydrogen (secondary N) is 1. The normalized spacial score (nSPS) is 14.4. The van der Waals surface area contributed by atoms with Crippen molar-refractivity contribution in [2.24, 2.45) is 0 Å². The molecule has 1 rings (SSSR count). The third-order valence-corrected chi connectivity index (χ3v) is 2.44. The van der Waals surface area contributed by atoms with E-state index >= 15 is 0 Å². The van der Waals surface area contributed by atoms with Crippen molar-refractivity contribution in [3.63, 3.8) is 0 Å². The van der Waals surface area contributed by atoms with Crippen molar-refractivity contribution in [2.45, 2.75) is 25.6 Å². The highest BCUT2D eigenvalue weighted by Gasteiger charge is 2.21. The van der Waals surface area contributed by atoms with Crippen LogP contribution in [0.3, 0.4) is 0 Å². The molecular formula is C11H14ClNO3. The summed E-state index contributed by atoms with van der Waals surface area (Å²) in [6.07, 6.45) is -0.940. The summed E-state index contributed by atoms with van der Waals surface area (Å²) in [5.74, 6) is -1.07. The smallest absolute Gasteiger partial charge is 0.323 e. The second-order valence-electron chi connectivity index (χ2n) is 3.56. The Morgan fingerprint density at radius 3 is 2.44 bits per heavy atom. The Morgan fingerprint density at radius 1 is 1.44 bits per heavy atom. The van der Waals surface area contributed by atoms with Crippen LogP contribution in [0.25, 0.3) is 0 Å². The molecule has 0 spiro atoms. The average Bonchev–Trinajstić information content (AvgIpc) is 2.20. The Labute approximate surface area is 98.9 Å². The number of rotatable bonds is 5. The molecule has 0 saturated carbocycles. The van der Waals surface area contributed by atoms with Gasteiger partial charge < -0.3 is 10.2 Å². The number of hydrogen-bond acceptors (Lipinski definition) is 3. The second-order valence-corrected chi connectivity index (χ2v) is 4.00. The predicted molar refractivity (Wildman–Crippen MR) is 61.4 cm³/mol. The average molecular weight is 244 g/mol. The molecule has 1 aromatic rings. The van der Waals surface area contributed by atoms with Crippen LogP contribution in [0.15, 0.2) is 24.3 Å². The summed E-state index contributed by atoms with van der Waals surface area (Å²) in [6.45, 7) is 1.81. The third kappa shape index (κ3) is 3.81. The lowest BCUT2D eigenvalue weighted by Gasteiger charge is -2.16. The van der Waals surface area contributed by atoms with Gasteiger partial charge in [0, 0.05) is 11.6 Å². The van der Waals surface area contributed by atoms with E-state index in [0.29, 0.717) is 11.6 Å². The minimum absolute atomic E-state index is 0.374. The Morgan fingerprint density at radius 2 is 2.00 bits per heavy atom. The van der Waals surface area contributed by atoms with Crippen molar-refractivity contribution in [2.75, 3.05) is 0 Å². The summed E-state index contributed by atoms with van der Waals surface area (Å²) < 4.78 is 0. The zero-order valence-corrected chi connectivity index (χ0v) is 9.61. The zero-order chi connectivity index (χ0) is 12.1. The molecule has 3 N–H and O–H groups in total. The van der Waals surface area contributed by atoms with Gasteiger partial charge in [-0.2, -0.15) is 0 Å². The molecule has 0 heterocycles. The molecule has 4 nitrogen and oxygen atoms in total. The van der Waals surface area contributed by atoms with Crippen LogP contribution in [0.1, 0.15) is 12.5 Å². The van der Waals surface area contributed by atoms with Gasteiger partial charge in [-0.25, -0.2) is 0 Å². The van der Waals surface area contributed by atoms with Crippen molar-refractivity contribution >= 4 is 17.6 Å². The maximum absolute atomic E-state index is 10.8. The van der Waals surface area contributed by atoms with Crippen molar-refractivity contribution in [1.82, 2.24) is 5.32 Å². The SMILES string of the molecule is C[C@H](O)[C@H](NCc1ccc(Cl)cc1)C(=O)O. The summed E-state index contributed by atoms with van der Waals surface area (Å²) in [5, 5.41) is 21.5. The minimum Gasteiger partial charge on any atom is -0.480 e. The highest BCUT2D eigenvalue weighted by Crippen LogP contribution is 2.09. The van der Waals surface area contributed by atoms with E-state index in [1.807, 2.05) is 0 Å². The molecule has 1 aromatic carbocycles. The highest BCUT2D eigenvalue weighted by molar-refractivity contribution is 6.30. The fourth-order valence-corrected chi connectivity index (χ4v) is 1.42. The molecule has 2 atom stereocenters. The van der Waals surface area contributed by atoms with Gasteiger partial charge in [0.15, 0.2) is 0 Å². The Hall–Kier alpha value is -1.10. The quantitative estimate of drug-likeness (QED) is 0.728. The van der Waals surface area contributed by atoms with Crippen molar-refractivity contribution in [3.05, 3.63) is 34.9 Å². The number of aliphatic hydroxyl groups excluding tert-OH is 1. The first-order chi connectivity index (χ1) is 7.50. The number of carbonyl (C=O) groups is 1. The summed E-state index contributed by atoms with van der Waals surface area (Å²) in [7, 11) is 0. The second kappa shape index (κ2) is 5.84. The van der Waals surface area contributed by atoms with E-state index in [2.05, 4.69) is 5.32 Å². The van der Waals surface area contributed by atoms with Crippen molar-refractivity contribution < 1.29 is 15.0 Å². The van der Waals surface area contributed by atoms with Gasteiger partial charge in [-0.05, 0) is 24.6 Å². The van der Waals surface area contributed by atoms with Gasteiger partial charge in [0.1, 0.15) is 6.04 Å².